The van der Waals surface area contributed by atoms with Crippen LogP contribution in [0.1, 0.15) is 32.6 Å². The van der Waals surface area contributed by atoms with Gasteiger partial charge in [-0.25, -0.2) is 0 Å². The fourth-order valence-electron chi connectivity index (χ4n) is 2.37. The summed E-state index contributed by atoms with van der Waals surface area (Å²) in [4.78, 5) is 5.02. The third kappa shape index (κ3) is 5.15. The molecular formula is C13H27BrN2. The first-order valence-corrected chi connectivity index (χ1v) is 7.70. The Kier molecular flexibility index (Phi) is 6.94. The van der Waals surface area contributed by atoms with E-state index in [2.05, 4.69) is 46.7 Å². The second-order valence-electron chi connectivity index (χ2n) is 5.39. The van der Waals surface area contributed by atoms with Gasteiger partial charge in [0.15, 0.2) is 0 Å². The van der Waals surface area contributed by atoms with E-state index in [4.69, 9.17) is 0 Å². The van der Waals surface area contributed by atoms with Crippen LogP contribution < -0.4 is 0 Å². The Bertz CT molecular complexity index is 179. The van der Waals surface area contributed by atoms with Gasteiger partial charge in [-0.05, 0) is 65.3 Å². The summed E-state index contributed by atoms with van der Waals surface area (Å²) in [5.41, 5.74) is 0. The number of rotatable bonds is 6. The summed E-state index contributed by atoms with van der Waals surface area (Å²) in [5.74, 6) is 0.855. The molecule has 0 spiro atoms. The molecule has 0 bridgehead atoms. The molecule has 16 heavy (non-hydrogen) atoms. The van der Waals surface area contributed by atoms with E-state index in [0.717, 1.165) is 17.3 Å². The minimum atomic E-state index is 0.826. The summed E-state index contributed by atoms with van der Waals surface area (Å²) < 4.78 is 0. The smallest absolute Gasteiger partial charge is 0.0117 e. The van der Waals surface area contributed by atoms with Gasteiger partial charge in [0.25, 0.3) is 0 Å². The molecule has 0 saturated carbocycles. The Morgan fingerprint density at radius 2 is 1.94 bits per heavy atom. The Morgan fingerprint density at radius 1 is 1.31 bits per heavy atom. The number of halogens is 1. The molecule has 1 fully saturated rings. The van der Waals surface area contributed by atoms with Crippen LogP contribution in [-0.2, 0) is 0 Å². The number of likely N-dealkylation sites (tertiary alicyclic amines) is 1. The summed E-state index contributed by atoms with van der Waals surface area (Å²) in [5, 5.41) is 1.14. The van der Waals surface area contributed by atoms with E-state index in [0.29, 0.717) is 0 Å². The highest BCUT2D eigenvalue weighted by atomic mass is 79.9. The highest BCUT2D eigenvalue weighted by Gasteiger charge is 2.20. The van der Waals surface area contributed by atoms with Crippen molar-refractivity contribution in [2.45, 2.75) is 38.6 Å². The van der Waals surface area contributed by atoms with E-state index in [1.807, 2.05) is 0 Å². The Morgan fingerprint density at radius 3 is 2.50 bits per heavy atom. The predicted octanol–water partition coefficient (Wildman–Crippen LogP) is 2.82. The second kappa shape index (κ2) is 7.67. The maximum Gasteiger partial charge on any atom is 0.0117 e. The normalized spacial score (nSPS) is 21.6. The number of nitrogens with zero attached hydrogens (tertiary/aromatic N) is 2. The van der Waals surface area contributed by atoms with Crippen molar-refractivity contribution in [3.8, 4) is 0 Å². The van der Waals surface area contributed by atoms with Crippen molar-refractivity contribution in [3.05, 3.63) is 0 Å². The molecule has 1 atom stereocenters. The fourth-order valence-corrected chi connectivity index (χ4v) is 3.15. The molecule has 1 aliphatic rings. The van der Waals surface area contributed by atoms with Crippen LogP contribution in [0.15, 0.2) is 0 Å². The fraction of sp³-hybridized carbons (Fsp3) is 1.00. The van der Waals surface area contributed by atoms with Crippen LogP contribution in [-0.4, -0.2) is 54.9 Å². The van der Waals surface area contributed by atoms with E-state index >= 15 is 0 Å². The maximum atomic E-state index is 3.52. The lowest BCUT2D eigenvalue weighted by molar-refractivity contribution is 0.139. The lowest BCUT2D eigenvalue weighted by Crippen LogP contribution is -2.42. The van der Waals surface area contributed by atoms with Gasteiger partial charge in [0, 0.05) is 11.4 Å². The van der Waals surface area contributed by atoms with E-state index in [-0.39, 0.29) is 0 Å². The van der Waals surface area contributed by atoms with Gasteiger partial charge < -0.3 is 9.80 Å². The molecule has 96 valence electrons. The van der Waals surface area contributed by atoms with Crippen molar-refractivity contribution in [1.29, 1.82) is 0 Å². The molecule has 0 radical (unpaired) electrons. The molecule has 1 unspecified atom stereocenters. The highest BCUT2D eigenvalue weighted by Crippen LogP contribution is 2.16. The van der Waals surface area contributed by atoms with Gasteiger partial charge in [-0.1, -0.05) is 22.9 Å². The largest absolute Gasteiger partial charge is 0.306 e. The summed E-state index contributed by atoms with van der Waals surface area (Å²) >= 11 is 3.52. The average Bonchev–Trinajstić information content (AvgIpc) is 2.27. The minimum absolute atomic E-state index is 0.826. The highest BCUT2D eigenvalue weighted by molar-refractivity contribution is 9.09. The van der Waals surface area contributed by atoms with Gasteiger partial charge in [-0.2, -0.15) is 0 Å². The molecule has 3 heteroatoms. The third-order valence-electron chi connectivity index (χ3n) is 3.89. The Hall–Kier alpha value is 0.400. The first-order chi connectivity index (χ1) is 7.63. The van der Waals surface area contributed by atoms with Gasteiger partial charge >= 0.3 is 0 Å². The number of hydrogen-bond donors (Lipinski definition) is 0. The van der Waals surface area contributed by atoms with Gasteiger partial charge in [0.2, 0.25) is 0 Å². The molecule has 1 rings (SSSR count). The zero-order valence-electron chi connectivity index (χ0n) is 11.1. The molecule has 1 saturated heterocycles. The van der Waals surface area contributed by atoms with Gasteiger partial charge in [0.05, 0.1) is 0 Å². The zero-order chi connectivity index (χ0) is 12.0. The topological polar surface area (TPSA) is 6.48 Å². The van der Waals surface area contributed by atoms with Crippen LogP contribution in [0.3, 0.4) is 0 Å². The lowest BCUT2D eigenvalue weighted by Gasteiger charge is -2.35. The van der Waals surface area contributed by atoms with Crippen LogP contribution in [0.5, 0.6) is 0 Å². The molecule has 1 aliphatic heterocycles. The Labute approximate surface area is 109 Å². The van der Waals surface area contributed by atoms with Crippen LogP contribution in [0, 0.1) is 5.92 Å². The molecule has 0 aromatic heterocycles. The SMILES string of the molecule is CC(CCBr)CCN(C)C1CCN(C)CC1. The summed E-state index contributed by atoms with van der Waals surface area (Å²) in [6.07, 6.45) is 5.34. The molecule has 0 aromatic rings. The van der Waals surface area contributed by atoms with Crippen LogP contribution in [0.25, 0.3) is 0 Å². The van der Waals surface area contributed by atoms with Gasteiger partial charge in [-0.3, -0.25) is 0 Å². The predicted molar refractivity (Wildman–Crippen MR) is 75.3 cm³/mol. The maximum absolute atomic E-state index is 3.52. The van der Waals surface area contributed by atoms with E-state index in [1.165, 1.54) is 45.3 Å². The monoisotopic (exact) mass is 290 g/mol. The zero-order valence-corrected chi connectivity index (χ0v) is 12.7. The number of piperidine rings is 1. The van der Waals surface area contributed by atoms with Gasteiger partial charge in [0.1, 0.15) is 0 Å². The average molecular weight is 291 g/mol. The van der Waals surface area contributed by atoms with Crippen LogP contribution in [0.2, 0.25) is 0 Å². The van der Waals surface area contributed by atoms with Crippen LogP contribution in [0.4, 0.5) is 0 Å². The molecular weight excluding hydrogens is 264 g/mol. The van der Waals surface area contributed by atoms with Crippen molar-refractivity contribution in [1.82, 2.24) is 9.80 Å². The molecule has 2 nitrogen and oxygen atoms in total. The molecule has 0 amide bonds. The van der Waals surface area contributed by atoms with E-state index < -0.39 is 0 Å². The molecule has 0 aliphatic carbocycles. The number of hydrogen-bond acceptors (Lipinski definition) is 2. The lowest BCUT2D eigenvalue weighted by atomic mass is 10.0. The first kappa shape index (κ1) is 14.5. The molecule has 0 aromatic carbocycles. The summed E-state index contributed by atoms with van der Waals surface area (Å²) in [7, 11) is 4.53. The minimum Gasteiger partial charge on any atom is -0.306 e. The Balaban J connectivity index is 2.16. The summed E-state index contributed by atoms with van der Waals surface area (Å²) in [6, 6.07) is 0.826. The quantitative estimate of drug-likeness (QED) is 0.694. The molecule has 0 N–H and O–H groups in total. The van der Waals surface area contributed by atoms with Crippen molar-refractivity contribution in [2.24, 2.45) is 5.92 Å². The first-order valence-electron chi connectivity index (χ1n) is 6.58. The van der Waals surface area contributed by atoms with Crippen molar-refractivity contribution in [3.63, 3.8) is 0 Å². The standard InChI is InChI=1S/C13H27BrN2/c1-12(4-8-14)5-11-16(3)13-6-9-15(2)10-7-13/h12-13H,4-11H2,1-3H3. The van der Waals surface area contributed by atoms with Crippen molar-refractivity contribution < 1.29 is 0 Å². The van der Waals surface area contributed by atoms with Gasteiger partial charge in [-0.15, -0.1) is 0 Å². The third-order valence-corrected chi connectivity index (χ3v) is 4.35. The van der Waals surface area contributed by atoms with E-state index in [1.54, 1.807) is 0 Å². The van der Waals surface area contributed by atoms with Crippen molar-refractivity contribution in [2.75, 3.05) is 39.1 Å². The van der Waals surface area contributed by atoms with E-state index in [9.17, 15) is 0 Å². The van der Waals surface area contributed by atoms with Crippen molar-refractivity contribution >= 4 is 15.9 Å². The molecule has 1 heterocycles. The number of alkyl halides is 1. The summed E-state index contributed by atoms with van der Waals surface area (Å²) in [6.45, 7) is 6.17. The second-order valence-corrected chi connectivity index (χ2v) is 6.18. The van der Waals surface area contributed by atoms with Crippen LogP contribution >= 0.6 is 15.9 Å².